The summed E-state index contributed by atoms with van der Waals surface area (Å²) in [5, 5.41) is 3.58. The van der Waals surface area contributed by atoms with E-state index in [9.17, 15) is 0 Å². The maximum absolute atomic E-state index is 6.04. The van der Waals surface area contributed by atoms with Crippen molar-refractivity contribution in [3.63, 3.8) is 0 Å². The topological polar surface area (TPSA) is 38.0 Å². The summed E-state index contributed by atoms with van der Waals surface area (Å²) in [6, 6.07) is 10.9. The Bertz CT molecular complexity index is 627. The van der Waals surface area contributed by atoms with Gasteiger partial charge >= 0.3 is 0 Å². The first-order chi connectivity index (χ1) is 9.92. The van der Waals surface area contributed by atoms with E-state index in [4.69, 9.17) is 5.73 Å². The van der Waals surface area contributed by atoms with E-state index in [-0.39, 0.29) is 6.04 Å². The van der Waals surface area contributed by atoms with E-state index >= 15 is 0 Å². The highest BCUT2D eigenvalue weighted by Crippen LogP contribution is 2.30. The number of halogens is 1. The van der Waals surface area contributed by atoms with Crippen molar-refractivity contribution in [3.05, 3.63) is 62.6 Å². The van der Waals surface area contributed by atoms with Gasteiger partial charge in [-0.15, -0.1) is 0 Å². The lowest BCUT2D eigenvalue weighted by Crippen LogP contribution is -2.22. The molecule has 0 aromatic heterocycles. The SMILES string of the molecule is Cc1cc(C)c(C(CN)Nc2cc(C)ccc2Br)c(C)c1. The van der Waals surface area contributed by atoms with Crippen molar-refractivity contribution in [1.82, 2.24) is 0 Å². The number of aryl methyl sites for hydroxylation is 4. The van der Waals surface area contributed by atoms with Crippen molar-refractivity contribution in [2.24, 2.45) is 5.73 Å². The number of nitrogens with two attached hydrogens (primary N) is 1. The van der Waals surface area contributed by atoms with E-state index in [0.29, 0.717) is 6.54 Å². The van der Waals surface area contributed by atoms with Crippen molar-refractivity contribution in [2.75, 3.05) is 11.9 Å². The van der Waals surface area contributed by atoms with Crippen LogP contribution in [0, 0.1) is 27.7 Å². The molecule has 0 amide bonds. The molecule has 3 N–H and O–H groups in total. The van der Waals surface area contributed by atoms with Gasteiger partial charge in [-0.1, -0.05) is 23.8 Å². The zero-order valence-electron chi connectivity index (χ0n) is 13.1. The molecule has 2 aromatic carbocycles. The standard InChI is InChI=1S/C18H23BrN2/c1-11-5-6-15(19)16(9-11)21-17(10-20)18-13(3)7-12(2)8-14(18)4/h5-9,17,21H,10,20H2,1-4H3. The Morgan fingerprint density at radius 1 is 1.00 bits per heavy atom. The average Bonchev–Trinajstić information content (AvgIpc) is 2.40. The van der Waals surface area contributed by atoms with Gasteiger partial charge in [0.15, 0.2) is 0 Å². The molecule has 2 nitrogen and oxygen atoms in total. The number of benzene rings is 2. The van der Waals surface area contributed by atoms with Gasteiger partial charge in [0, 0.05) is 16.7 Å². The van der Waals surface area contributed by atoms with Crippen molar-refractivity contribution in [1.29, 1.82) is 0 Å². The molecule has 0 aliphatic heterocycles. The summed E-state index contributed by atoms with van der Waals surface area (Å²) < 4.78 is 1.06. The molecule has 0 saturated heterocycles. The molecule has 0 heterocycles. The van der Waals surface area contributed by atoms with E-state index in [1.807, 2.05) is 0 Å². The Kier molecular flexibility index (Phi) is 5.07. The fourth-order valence-corrected chi connectivity index (χ4v) is 3.29. The van der Waals surface area contributed by atoms with Crippen LogP contribution in [0.2, 0.25) is 0 Å². The molecule has 0 bridgehead atoms. The quantitative estimate of drug-likeness (QED) is 0.834. The maximum atomic E-state index is 6.04. The minimum Gasteiger partial charge on any atom is -0.376 e. The van der Waals surface area contributed by atoms with Gasteiger partial charge in [0.05, 0.1) is 6.04 Å². The second kappa shape index (κ2) is 6.63. The lowest BCUT2D eigenvalue weighted by Gasteiger charge is -2.24. The maximum Gasteiger partial charge on any atom is 0.0641 e. The van der Waals surface area contributed by atoms with Crippen LogP contribution in [-0.4, -0.2) is 6.54 Å². The summed E-state index contributed by atoms with van der Waals surface area (Å²) in [4.78, 5) is 0. The first-order valence-corrected chi connectivity index (χ1v) is 8.02. The number of anilines is 1. The van der Waals surface area contributed by atoms with E-state index in [1.54, 1.807) is 0 Å². The van der Waals surface area contributed by atoms with Gasteiger partial charge in [0.25, 0.3) is 0 Å². The Labute approximate surface area is 135 Å². The predicted molar refractivity (Wildman–Crippen MR) is 95.0 cm³/mol. The second-order valence-corrected chi connectivity index (χ2v) is 6.58. The molecule has 1 unspecified atom stereocenters. The van der Waals surface area contributed by atoms with Gasteiger partial charge in [-0.2, -0.15) is 0 Å². The fourth-order valence-electron chi connectivity index (χ4n) is 2.93. The smallest absolute Gasteiger partial charge is 0.0641 e. The molecular weight excluding hydrogens is 324 g/mol. The molecule has 112 valence electrons. The minimum atomic E-state index is 0.115. The lowest BCUT2D eigenvalue weighted by molar-refractivity contribution is 0.775. The number of nitrogens with one attached hydrogen (secondary N) is 1. The summed E-state index contributed by atoms with van der Waals surface area (Å²) in [7, 11) is 0. The molecule has 0 spiro atoms. The highest BCUT2D eigenvalue weighted by Gasteiger charge is 2.16. The largest absolute Gasteiger partial charge is 0.376 e. The van der Waals surface area contributed by atoms with E-state index in [1.165, 1.54) is 27.8 Å². The molecule has 0 saturated carbocycles. The van der Waals surface area contributed by atoms with Crippen LogP contribution in [0.4, 0.5) is 5.69 Å². The number of hydrogen-bond donors (Lipinski definition) is 2. The average molecular weight is 347 g/mol. The van der Waals surface area contributed by atoms with Crippen molar-refractivity contribution >= 4 is 21.6 Å². The molecule has 2 aromatic rings. The molecule has 3 heteroatoms. The molecule has 1 atom stereocenters. The summed E-state index contributed by atoms with van der Waals surface area (Å²) >= 11 is 3.61. The zero-order valence-corrected chi connectivity index (χ0v) is 14.7. The normalized spacial score (nSPS) is 12.3. The minimum absolute atomic E-state index is 0.115. The van der Waals surface area contributed by atoms with Crippen LogP contribution in [-0.2, 0) is 0 Å². The van der Waals surface area contributed by atoms with Crippen molar-refractivity contribution in [3.8, 4) is 0 Å². The van der Waals surface area contributed by atoms with Crippen LogP contribution in [0.15, 0.2) is 34.8 Å². The third-order valence-electron chi connectivity index (χ3n) is 3.77. The van der Waals surface area contributed by atoms with Gasteiger partial charge in [-0.05, 0) is 78.0 Å². The van der Waals surface area contributed by atoms with Crippen molar-refractivity contribution < 1.29 is 0 Å². The monoisotopic (exact) mass is 346 g/mol. The molecule has 21 heavy (non-hydrogen) atoms. The van der Waals surface area contributed by atoms with Crippen LogP contribution in [0.25, 0.3) is 0 Å². The van der Waals surface area contributed by atoms with Crippen LogP contribution < -0.4 is 11.1 Å². The van der Waals surface area contributed by atoms with Crippen LogP contribution in [0.1, 0.15) is 33.9 Å². The first-order valence-electron chi connectivity index (χ1n) is 7.23. The summed E-state index contributed by atoms with van der Waals surface area (Å²) in [5.74, 6) is 0. The molecule has 2 rings (SSSR count). The predicted octanol–water partition coefficient (Wildman–Crippen LogP) is 4.79. The van der Waals surface area contributed by atoms with Gasteiger partial charge in [0.1, 0.15) is 0 Å². The summed E-state index contributed by atoms with van der Waals surface area (Å²) in [5.41, 5.74) is 13.5. The molecule has 0 radical (unpaired) electrons. The molecule has 0 fully saturated rings. The third-order valence-corrected chi connectivity index (χ3v) is 4.47. The van der Waals surface area contributed by atoms with Crippen LogP contribution >= 0.6 is 15.9 Å². The Balaban J connectivity index is 2.39. The third kappa shape index (κ3) is 3.66. The Morgan fingerprint density at radius 3 is 2.19 bits per heavy atom. The first kappa shape index (κ1) is 16.1. The highest BCUT2D eigenvalue weighted by molar-refractivity contribution is 9.10. The van der Waals surface area contributed by atoms with Gasteiger partial charge in [-0.3, -0.25) is 0 Å². The molecule has 0 aliphatic rings. The van der Waals surface area contributed by atoms with Crippen LogP contribution in [0.5, 0.6) is 0 Å². The van der Waals surface area contributed by atoms with E-state index in [0.717, 1.165) is 10.2 Å². The van der Waals surface area contributed by atoms with Gasteiger partial charge in [0.2, 0.25) is 0 Å². The van der Waals surface area contributed by atoms with Gasteiger partial charge in [-0.25, -0.2) is 0 Å². The number of hydrogen-bond acceptors (Lipinski definition) is 2. The Hall–Kier alpha value is -1.32. The van der Waals surface area contributed by atoms with E-state index in [2.05, 4.69) is 79.3 Å². The second-order valence-electron chi connectivity index (χ2n) is 5.73. The highest BCUT2D eigenvalue weighted by atomic mass is 79.9. The zero-order chi connectivity index (χ0) is 15.6. The van der Waals surface area contributed by atoms with Crippen molar-refractivity contribution in [2.45, 2.75) is 33.7 Å². The molecule has 0 aliphatic carbocycles. The summed E-state index contributed by atoms with van der Waals surface area (Å²) in [6.07, 6.45) is 0. The summed E-state index contributed by atoms with van der Waals surface area (Å²) in [6.45, 7) is 9.10. The molecular formula is C18H23BrN2. The van der Waals surface area contributed by atoms with Crippen LogP contribution in [0.3, 0.4) is 0 Å². The fraction of sp³-hybridized carbons (Fsp3) is 0.333. The van der Waals surface area contributed by atoms with Gasteiger partial charge < -0.3 is 11.1 Å². The van der Waals surface area contributed by atoms with E-state index < -0.39 is 0 Å². The lowest BCUT2D eigenvalue weighted by atomic mass is 9.94. The number of rotatable bonds is 4. The Morgan fingerprint density at radius 2 is 1.62 bits per heavy atom.